The monoisotopic (exact) mass is 354 g/mol. The molecule has 0 saturated heterocycles. The van der Waals surface area contributed by atoms with Gasteiger partial charge in [0.1, 0.15) is 0 Å². The van der Waals surface area contributed by atoms with Crippen LogP contribution in [0.2, 0.25) is 0 Å². The lowest BCUT2D eigenvalue weighted by atomic mass is 9.49. The number of rotatable bonds is 1. The van der Waals surface area contributed by atoms with E-state index in [1.807, 2.05) is 25.3 Å². The van der Waals surface area contributed by atoms with Gasteiger partial charge >= 0.3 is 0 Å². The number of nitrogens with zero attached hydrogens (tertiary/aromatic N) is 1. The zero-order chi connectivity index (χ0) is 18.2. The van der Waals surface area contributed by atoms with Gasteiger partial charge in [-0.1, -0.05) is 32.1 Å². The number of hydrogen-bond acceptors (Lipinski definition) is 1. The van der Waals surface area contributed by atoms with Crippen LogP contribution >= 0.6 is 11.6 Å². The van der Waals surface area contributed by atoms with Crippen LogP contribution in [0.3, 0.4) is 0 Å². The van der Waals surface area contributed by atoms with E-state index < -0.39 is 17.1 Å². The molecule has 5 atom stereocenters. The molecule has 1 aromatic heterocycles. The molecule has 130 valence electrons. The summed E-state index contributed by atoms with van der Waals surface area (Å²) in [5, 5.41) is 12.9. The summed E-state index contributed by atoms with van der Waals surface area (Å²) in [7, 11) is 0. The SMILES string of the molecule is [C-]#[N+][C@@H]1[C@](C)(C=C)[C@@H](Cl)C[C@H]2C(C)(C)c3cccc4[nH]cc(c34)[C@]12O. The molecule has 1 heterocycles. The third-order valence-electron chi connectivity index (χ3n) is 6.93. The third kappa shape index (κ3) is 1.75. The van der Waals surface area contributed by atoms with E-state index in [1.165, 1.54) is 5.56 Å². The topological polar surface area (TPSA) is 40.4 Å². The largest absolute Gasteiger partial charge is 0.377 e. The van der Waals surface area contributed by atoms with Crippen molar-refractivity contribution in [1.82, 2.24) is 4.98 Å². The van der Waals surface area contributed by atoms with Gasteiger partial charge in [0, 0.05) is 28.6 Å². The smallest absolute Gasteiger partial charge is 0.266 e. The highest BCUT2D eigenvalue weighted by Crippen LogP contribution is 2.62. The molecule has 2 aromatic rings. The van der Waals surface area contributed by atoms with Gasteiger partial charge in [-0.15, -0.1) is 18.2 Å². The van der Waals surface area contributed by atoms with Gasteiger partial charge in [0.2, 0.25) is 0 Å². The Balaban J connectivity index is 2.11. The van der Waals surface area contributed by atoms with Gasteiger partial charge in [0.05, 0.1) is 10.8 Å². The van der Waals surface area contributed by atoms with E-state index >= 15 is 0 Å². The molecule has 0 unspecified atom stereocenters. The number of H-pyrrole nitrogens is 1. The van der Waals surface area contributed by atoms with Crippen molar-refractivity contribution < 1.29 is 5.11 Å². The Hall–Kier alpha value is -1.76. The zero-order valence-electron chi connectivity index (χ0n) is 14.8. The summed E-state index contributed by atoms with van der Waals surface area (Å²) in [5.74, 6) is -0.136. The van der Waals surface area contributed by atoms with Crippen molar-refractivity contribution in [2.24, 2.45) is 11.3 Å². The van der Waals surface area contributed by atoms with Crippen LogP contribution in [0.1, 0.15) is 38.3 Å². The van der Waals surface area contributed by atoms with E-state index in [-0.39, 0.29) is 16.7 Å². The van der Waals surface area contributed by atoms with E-state index in [0.29, 0.717) is 6.42 Å². The lowest BCUT2D eigenvalue weighted by molar-refractivity contribution is -0.115. The first-order valence-electron chi connectivity index (χ1n) is 8.70. The van der Waals surface area contributed by atoms with Crippen LogP contribution in [0.15, 0.2) is 37.1 Å². The van der Waals surface area contributed by atoms with Crippen molar-refractivity contribution in [3.05, 3.63) is 59.6 Å². The second-order valence-corrected chi connectivity index (χ2v) is 8.86. The molecule has 1 fully saturated rings. The normalized spacial score (nSPS) is 38.8. The van der Waals surface area contributed by atoms with E-state index in [9.17, 15) is 5.11 Å². The standard InChI is InChI=1S/C21H23ClN2O/c1-6-20(4)16(22)10-15-19(2,3)12-8-7-9-14-17(12)13(11-24-14)21(15,25)18(20)23-5/h6-9,11,15-16,18,24-25H,1,10H2,2-4H3/t15-,16-,18+,20+,21+/m0/s1. The summed E-state index contributed by atoms with van der Waals surface area (Å²) >= 11 is 6.78. The van der Waals surface area contributed by atoms with Gasteiger partial charge in [-0.2, -0.15) is 0 Å². The molecule has 2 aliphatic carbocycles. The molecule has 0 bridgehead atoms. The molecule has 4 rings (SSSR count). The quantitative estimate of drug-likeness (QED) is 0.433. The molecule has 0 radical (unpaired) electrons. The highest BCUT2D eigenvalue weighted by molar-refractivity contribution is 6.21. The number of benzene rings is 1. The number of fused-ring (bicyclic) bond motifs is 2. The highest BCUT2D eigenvalue weighted by atomic mass is 35.5. The Kier molecular flexibility index (Phi) is 3.27. The summed E-state index contributed by atoms with van der Waals surface area (Å²) in [6.07, 6.45) is 4.28. The minimum atomic E-state index is -1.26. The first-order chi connectivity index (χ1) is 11.7. The number of aromatic amines is 1. The molecule has 1 aromatic carbocycles. The van der Waals surface area contributed by atoms with E-state index in [1.54, 1.807) is 6.08 Å². The van der Waals surface area contributed by atoms with Gasteiger partial charge in [-0.25, -0.2) is 6.57 Å². The summed E-state index contributed by atoms with van der Waals surface area (Å²) < 4.78 is 0. The molecule has 0 aliphatic heterocycles. The average molecular weight is 355 g/mol. The first-order valence-corrected chi connectivity index (χ1v) is 9.14. The predicted molar refractivity (Wildman–Crippen MR) is 102 cm³/mol. The zero-order valence-corrected chi connectivity index (χ0v) is 15.6. The number of alkyl halides is 1. The lowest BCUT2D eigenvalue weighted by Gasteiger charge is -2.56. The molecule has 2 N–H and O–H groups in total. The van der Waals surface area contributed by atoms with E-state index in [2.05, 4.69) is 36.3 Å². The Morgan fingerprint density at radius 3 is 2.72 bits per heavy atom. The fourth-order valence-electron chi connectivity index (χ4n) is 5.36. The second kappa shape index (κ2) is 4.90. The Labute approximate surface area is 153 Å². The molecule has 2 aliphatic rings. The molecular weight excluding hydrogens is 332 g/mol. The first kappa shape index (κ1) is 16.7. The maximum atomic E-state index is 12.1. The van der Waals surface area contributed by atoms with Crippen LogP contribution in [0.4, 0.5) is 0 Å². The van der Waals surface area contributed by atoms with Crippen molar-refractivity contribution in [3.63, 3.8) is 0 Å². The number of aliphatic hydroxyl groups is 1. The van der Waals surface area contributed by atoms with Crippen LogP contribution < -0.4 is 0 Å². The summed E-state index contributed by atoms with van der Waals surface area (Å²) in [6, 6.07) is 5.53. The van der Waals surface area contributed by atoms with Crippen molar-refractivity contribution >= 4 is 22.5 Å². The number of nitrogens with one attached hydrogen (secondary N) is 1. The Morgan fingerprint density at radius 1 is 1.36 bits per heavy atom. The highest BCUT2D eigenvalue weighted by Gasteiger charge is 2.69. The van der Waals surface area contributed by atoms with Crippen LogP contribution in [-0.4, -0.2) is 21.5 Å². The van der Waals surface area contributed by atoms with Gasteiger partial charge in [0.25, 0.3) is 6.04 Å². The second-order valence-electron chi connectivity index (χ2n) is 8.34. The number of aromatic nitrogens is 1. The van der Waals surface area contributed by atoms with Gasteiger partial charge < -0.3 is 14.9 Å². The fourth-order valence-corrected chi connectivity index (χ4v) is 5.75. The maximum absolute atomic E-state index is 12.1. The fraction of sp³-hybridized carbons (Fsp3) is 0.476. The van der Waals surface area contributed by atoms with Gasteiger partial charge in [-0.3, -0.25) is 0 Å². The van der Waals surface area contributed by atoms with Gasteiger partial charge in [-0.05, 0) is 30.4 Å². The molecular formula is C21H23ClN2O. The van der Waals surface area contributed by atoms with Crippen LogP contribution in [0, 0.1) is 17.9 Å². The van der Waals surface area contributed by atoms with Crippen LogP contribution in [0.25, 0.3) is 15.7 Å². The minimum Gasteiger partial charge on any atom is -0.377 e. The Morgan fingerprint density at radius 2 is 2.08 bits per heavy atom. The maximum Gasteiger partial charge on any atom is 0.266 e. The molecule has 0 amide bonds. The summed E-state index contributed by atoms with van der Waals surface area (Å²) in [5.41, 5.74) is 0.852. The van der Waals surface area contributed by atoms with Crippen molar-refractivity contribution in [1.29, 1.82) is 0 Å². The number of halogens is 1. The van der Waals surface area contributed by atoms with Gasteiger partial charge in [0.15, 0.2) is 5.60 Å². The van der Waals surface area contributed by atoms with Crippen LogP contribution in [0.5, 0.6) is 0 Å². The van der Waals surface area contributed by atoms with Crippen molar-refractivity contribution in [2.75, 3.05) is 0 Å². The van der Waals surface area contributed by atoms with Crippen LogP contribution in [-0.2, 0) is 11.0 Å². The number of hydrogen-bond donors (Lipinski definition) is 2. The molecule has 4 heteroatoms. The molecule has 3 nitrogen and oxygen atoms in total. The van der Waals surface area contributed by atoms with Crippen molar-refractivity contribution in [2.45, 2.75) is 49.6 Å². The Bertz CT molecular complexity index is 924. The average Bonchev–Trinajstić information content (AvgIpc) is 3.02. The lowest BCUT2D eigenvalue weighted by Crippen LogP contribution is -2.64. The minimum absolute atomic E-state index is 0.136. The van der Waals surface area contributed by atoms with E-state index in [0.717, 1.165) is 16.5 Å². The molecule has 1 saturated carbocycles. The third-order valence-corrected chi connectivity index (χ3v) is 7.57. The summed E-state index contributed by atoms with van der Waals surface area (Å²) in [4.78, 5) is 7.21. The molecule has 25 heavy (non-hydrogen) atoms. The predicted octanol–water partition coefficient (Wildman–Crippen LogP) is 4.75. The van der Waals surface area contributed by atoms with Crippen molar-refractivity contribution in [3.8, 4) is 0 Å². The summed E-state index contributed by atoms with van der Waals surface area (Å²) in [6.45, 7) is 18.1. The molecule has 0 spiro atoms. The van der Waals surface area contributed by atoms with E-state index in [4.69, 9.17) is 18.2 Å².